The van der Waals surface area contributed by atoms with Crippen LogP contribution < -0.4 is 4.74 Å². The maximum atomic E-state index is 13.5. The van der Waals surface area contributed by atoms with Crippen molar-refractivity contribution >= 4 is 21.9 Å². The van der Waals surface area contributed by atoms with Gasteiger partial charge in [0.1, 0.15) is 0 Å². The van der Waals surface area contributed by atoms with E-state index in [0.29, 0.717) is 13.0 Å². The molecule has 0 amide bonds. The number of benzene rings is 1. The number of ether oxygens (including phenoxy) is 2. The lowest BCUT2D eigenvalue weighted by molar-refractivity contribution is -0.145. The Morgan fingerprint density at radius 1 is 1.42 bits per heavy atom. The average molecular weight is 335 g/mol. The van der Waals surface area contributed by atoms with Crippen LogP contribution in [0.15, 0.2) is 16.6 Å². The van der Waals surface area contributed by atoms with Crippen molar-refractivity contribution in [1.82, 2.24) is 0 Å². The highest BCUT2D eigenvalue weighted by molar-refractivity contribution is 9.10. The Kier molecular flexibility index (Phi) is 4.39. The van der Waals surface area contributed by atoms with Crippen molar-refractivity contribution in [2.24, 2.45) is 11.8 Å². The van der Waals surface area contributed by atoms with Gasteiger partial charge >= 0.3 is 5.97 Å². The Morgan fingerprint density at radius 3 is 2.84 bits per heavy atom. The quantitative estimate of drug-likeness (QED) is 0.612. The van der Waals surface area contributed by atoms with Gasteiger partial charge in [0.25, 0.3) is 0 Å². The van der Waals surface area contributed by atoms with Crippen molar-refractivity contribution < 1.29 is 23.0 Å². The van der Waals surface area contributed by atoms with Gasteiger partial charge in [-0.15, -0.1) is 0 Å². The van der Waals surface area contributed by atoms with Gasteiger partial charge in [-0.2, -0.15) is 4.39 Å². The summed E-state index contributed by atoms with van der Waals surface area (Å²) < 4.78 is 36.9. The van der Waals surface area contributed by atoms with Crippen LogP contribution in [-0.2, 0) is 9.53 Å². The Morgan fingerprint density at radius 2 is 2.16 bits per heavy atom. The predicted octanol–water partition coefficient (Wildman–Crippen LogP) is 3.31. The third kappa shape index (κ3) is 3.23. The van der Waals surface area contributed by atoms with E-state index in [4.69, 9.17) is 9.47 Å². The van der Waals surface area contributed by atoms with Gasteiger partial charge in [0.15, 0.2) is 11.6 Å². The second kappa shape index (κ2) is 5.86. The molecule has 0 aliphatic heterocycles. The molecule has 0 N–H and O–H groups in total. The fraction of sp³-hybridized carbons (Fsp3) is 0.462. The van der Waals surface area contributed by atoms with E-state index in [-0.39, 0.29) is 34.6 Å². The lowest BCUT2D eigenvalue weighted by atomic mass is 10.3. The largest absolute Gasteiger partial charge is 0.490 e. The van der Waals surface area contributed by atoms with E-state index in [2.05, 4.69) is 15.9 Å². The van der Waals surface area contributed by atoms with Crippen LogP contribution in [0.5, 0.6) is 5.75 Å². The molecule has 1 aromatic carbocycles. The van der Waals surface area contributed by atoms with Crippen LogP contribution in [0.2, 0.25) is 0 Å². The topological polar surface area (TPSA) is 35.5 Å². The van der Waals surface area contributed by atoms with Crippen molar-refractivity contribution in [3.05, 3.63) is 28.2 Å². The first-order chi connectivity index (χ1) is 9.04. The van der Waals surface area contributed by atoms with Crippen LogP contribution in [0, 0.1) is 23.5 Å². The molecular weight excluding hydrogens is 322 g/mol. The number of hydrogen-bond acceptors (Lipinski definition) is 3. The third-order valence-electron chi connectivity index (χ3n) is 2.96. The molecule has 0 spiro atoms. The molecule has 6 heteroatoms. The maximum Gasteiger partial charge on any atom is 0.309 e. The van der Waals surface area contributed by atoms with E-state index >= 15 is 0 Å². The van der Waals surface area contributed by atoms with Gasteiger partial charge in [-0.1, -0.05) is 0 Å². The fourth-order valence-electron chi connectivity index (χ4n) is 1.79. The smallest absolute Gasteiger partial charge is 0.309 e. The Balaban J connectivity index is 1.88. The molecule has 0 saturated heterocycles. The first-order valence-corrected chi connectivity index (χ1v) is 6.76. The first-order valence-electron chi connectivity index (χ1n) is 5.97. The first kappa shape index (κ1) is 14.2. The van der Waals surface area contributed by atoms with E-state index in [1.165, 1.54) is 12.1 Å². The summed E-state index contributed by atoms with van der Waals surface area (Å²) in [7, 11) is 0. The van der Waals surface area contributed by atoms with E-state index in [1.54, 1.807) is 6.92 Å². The zero-order valence-electron chi connectivity index (χ0n) is 10.3. The number of halogens is 3. The molecule has 2 atom stereocenters. The zero-order valence-corrected chi connectivity index (χ0v) is 11.9. The summed E-state index contributed by atoms with van der Waals surface area (Å²) in [6, 6.07) is 2.73. The van der Waals surface area contributed by atoms with Crippen LogP contribution in [0.1, 0.15) is 13.3 Å². The van der Waals surface area contributed by atoms with E-state index in [9.17, 15) is 13.6 Å². The molecule has 0 heterocycles. The molecule has 3 nitrogen and oxygen atoms in total. The molecule has 1 aliphatic rings. The van der Waals surface area contributed by atoms with Crippen molar-refractivity contribution in [2.45, 2.75) is 13.3 Å². The van der Waals surface area contributed by atoms with Crippen molar-refractivity contribution in [3.8, 4) is 5.75 Å². The molecule has 0 radical (unpaired) electrons. The highest BCUT2D eigenvalue weighted by atomic mass is 79.9. The summed E-state index contributed by atoms with van der Waals surface area (Å²) in [5.74, 6) is -2.56. The van der Waals surface area contributed by atoms with Gasteiger partial charge in [-0.3, -0.25) is 4.79 Å². The third-order valence-corrected chi connectivity index (χ3v) is 3.58. The zero-order chi connectivity index (χ0) is 14.0. The molecule has 0 aromatic heterocycles. The van der Waals surface area contributed by atoms with Gasteiger partial charge in [0, 0.05) is 5.92 Å². The summed E-state index contributed by atoms with van der Waals surface area (Å²) in [5, 5.41) is 0. The molecule has 19 heavy (non-hydrogen) atoms. The summed E-state index contributed by atoms with van der Waals surface area (Å²) >= 11 is 2.89. The average Bonchev–Trinajstić information content (AvgIpc) is 3.15. The minimum absolute atomic E-state index is 0.0187. The molecule has 104 valence electrons. The number of carbonyl (C=O) groups excluding carboxylic acids is 1. The standard InChI is InChI=1S/C13H13BrF2O3/c1-2-18-13(17)8-5-7(8)6-19-10-4-3-9(14)11(15)12(10)16/h3-4,7-8H,2,5-6H2,1H3. The summed E-state index contributed by atoms with van der Waals surface area (Å²) in [6.07, 6.45) is 0.666. The van der Waals surface area contributed by atoms with Crippen molar-refractivity contribution in [2.75, 3.05) is 13.2 Å². The van der Waals surface area contributed by atoms with Crippen molar-refractivity contribution in [1.29, 1.82) is 0 Å². The van der Waals surface area contributed by atoms with E-state index in [0.717, 1.165) is 0 Å². The molecule has 2 rings (SSSR count). The second-order valence-corrected chi connectivity index (χ2v) is 5.19. The molecule has 1 aliphatic carbocycles. The Labute approximate surface area is 118 Å². The molecule has 2 unspecified atom stereocenters. The van der Waals surface area contributed by atoms with E-state index < -0.39 is 11.6 Å². The summed E-state index contributed by atoms with van der Waals surface area (Å²) in [6.45, 7) is 2.27. The molecule has 1 fully saturated rings. The van der Waals surface area contributed by atoms with Crippen LogP contribution in [-0.4, -0.2) is 19.2 Å². The monoisotopic (exact) mass is 334 g/mol. The van der Waals surface area contributed by atoms with Gasteiger partial charge in [0.05, 0.1) is 23.6 Å². The number of esters is 1. The highest BCUT2D eigenvalue weighted by Gasteiger charge is 2.44. The van der Waals surface area contributed by atoms with Crippen LogP contribution >= 0.6 is 15.9 Å². The maximum absolute atomic E-state index is 13.5. The Bertz CT molecular complexity index is 493. The highest BCUT2D eigenvalue weighted by Crippen LogP contribution is 2.40. The summed E-state index contributed by atoms with van der Waals surface area (Å²) in [5.41, 5.74) is 0. The van der Waals surface area contributed by atoms with Crippen LogP contribution in [0.3, 0.4) is 0 Å². The van der Waals surface area contributed by atoms with Gasteiger partial charge in [0.2, 0.25) is 5.82 Å². The Hall–Kier alpha value is -1.17. The fourth-order valence-corrected chi connectivity index (χ4v) is 2.09. The number of rotatable bonds is 5. The predicted molar refractivity (Wildman–Crippen MR) is 67.8 cm³/mol. The minimum Gasteiger partial charge on any atom is -0.490 e. The molecular formula is C13H13BrF2O3. The lowest BCUT2D eigenvalue weighted by Crippen LogP contribution is -2.11. The minimum atomic E-state index is -1.03. The van der Waals surface area contributed by atoms with Crippen LogP contribution in [0.4, 0.5) is 8.78 Å². The number of carbonyl (C=O) groups is 1. The van der Waals surface area contributed by atoms with E-state index in [1.807, 2.05) is 0 Å². The normalized spacial score (nSPS) is 21.1. The molecule has 1 saturated carbocycles. The molecule has 1 aromatic rings. The summed E-state index contributed by atoms with van der Waals surface area (Å²) in [4.78, 5) is 11.4. The number of hydrogen-bond donors (Lipinski definition) is 0. The lowest BCUT2D eigenvalue weighted by Gasteiger charge is -2.08. The van der Waals surface area contributed by atoms with Crippen LogP contribution in [0.25, 0.3) is 0 Å². The van der Waals surface area contributed by atoms with Gasteiger partial charge in [-0.25, -0.2) is 4.39 Å². The van der Waals surface area contributed by atoms with Crippen molar-refractivity contribution in [3.63, 3.8) is 0 Å². The SMILES string of the molecule is CCOC(=O)C1CC1COc1ccc(Br)c(F)c1F. The van der Waals surface area contributed by atoms with Gasteiger partial charge < -0.3 is 9.47 Å². The molecule has 0 bridgehead atoms. The second-order valence-electron chi connectivity index (χ2n) is 4.34. The van der Waals surface area contributed by atoms with Gasteiger partial charge in [-0.05, 0) is 41.4 Å².